The van der Waals surface area contributed by atoms with Crippen LogP contribution in [-0.4, -0.2) is 23.3 Å². The van der Waals surface area contributed by atoms with E-state index in [0.29, 0.717) is 0 Å². The minimum Gasteiger partial charge on any atom is -0.309 e. The Morgan fingerprint density at radius 2 is 0.914 bits per heavy atom. The summed E-state index contributed by atoms with van der Waals surface area (Å²) in [4.78, 5) is 9.42. The van der Waals surface area contributed by atoms with Crippen LogP contribution in [0.2, 0.25) is 0 Å². The smallest absolute Gasteiger partial charge is 0.145 e. The number of aromatic nitrogens is 5. The lowest BCUT2D eigenvalue weighted by molar-refractivity contribution is 0.660. The molecule has 1 aliphatic carbocycles. The van der Waals surface area contributed by atoms with Crippen molar-refractivity contribution in [2.45, 2.75) is 33.1 Å². The Bertz CT molecular complexity index is 4360. The molecule has 0 fully saturated rings. The molecule has 0 saturated heterocycles. The standard InChI is InChI=1S/C33H21N3.C30H22N2.C2H6/c1-2-9-23(10-3-1)36-30-15-7-5-12-27(30)32-24(13-8-16-31(32)36)22-17-18-25-26-11-4-6-14-29(26)35-20-19-34-33(35)28(25)21-22;1-30(2)24-14-6-5-11-23(24)27-19(12-7-15-25(27)30)20-13-8-16-26-28(20)21-9-3-4-10-22(21)29-31-17-18-32(26)29;1-2/h1-21H;3-18H,1-2H3;1-2H3. The van der Waals surface area contributed by atoms with Crippen molar-refractivity contribution in [3.63, 3.8) is 0 Å². The zero-order valence-corrected chi connectivity index (χ0v) is 39.6. The van der Waals surface area contributed by atoms with Crippen LogP contribution < -0.4 is 0 Å². The van der Waals surface area contributed by atoms with Gasteiger partial charge < -0.3 is 4.57 Å². The number of hydrogen-bond donors (Lipinski definition) is 0. The molecule has 5 heteroatoms. The zero-order valence-electron chi connectivity index (χ0n) is 39.6. The van der Waals surface area contributed by atoms with Gasteiger partial charge >= 0.3 is 0 Å². The molecule has 0 atom stereocenters. The van der Waals surface area contributed by atoms with E-state index in [2.05, 4.69) is 245 Å². The molecule has 0 aliphatic heterocycles. The number of fused-ring (bicyclic) bond motifs is 18. The van der Waals surface area contributed by atoms with Gasteiger partial charge in [-0.25, -0.2) is 9.97 Å². The Hall–Kier alpha value is -8.80. The molecule has 9 aromatic carbocycles. The second-order valence-corrected chi connectivity index (χ2v) is 18.6. The summed E-state index contributed by atoms with van der Waals surface area (Å²) in [6.45, 7) is 8.68. The maximum Gasteiger partial charge on any atom is 0.145 e. The minimum atomic E-state index is -0.00773. The summed E-state index contributed by atoms with van der Waals surface area (Å²) in [5.41, 5.74) is 18.5. The topological polar surface area (TPSA) is 39.5 Å². The zero-order chi connectivity index (χ0) is 47.1. The minimum absolute atomic E-state index is 0.00773. The van der Waals surface area contributed by atoms with E-state index in [1.165, 1.54) is 115 Å². The summed E-state index contributed by atoms with van der Waals surface area (Å²) < 4.78 is 6.79. The molecule has 0 saturated carbocycles. The second kappa shape index (κ2) is 16.2. The SMILES string of the molecule is CC.CC1(C)c2ccccc2-c2c(-c3cccc4c3c3ccccc3c3nccn43)cccc21.c1ccc(-n2c3ccccc3c3c(-c4ccc5c6ccccc6n6ccnc6c5c4)cccc32)cc1. The van der Waals surface area contributed by atoms with Gasteiger partial charge in [-0.15, -0.1) is 0 Å². The van der Waals surface area contributed by atoms with E-state index in [1.807, 2.05) is 26.2 Å². The monoisotopic (exact) mass is 899 g/mol. The van der Waals surface area contributed by atoms with E-state index in [9.17, 15) is 0 Å². The fourth-order valence-electron chi connectivity index (χ4n) is 11.7. The number of benzene rings is 9. The molecule has 5 aromatic heterocycles. The predicted molar refractivity (Wildman–Crippen MR) is 295 cm³/mol. The molecule has 5 heterocycles. The van der Waals surface area contributed by atoms with Crippen molar-refractivity contribution in [2.24, 2.45) is 0 Å². The van der Waals surface area contributed by atoms with Gasteiger partial charge in [0.25, 0.3) is 0 Å². The van der Waals surface area contributed by atoms with Crippen LogP contribution in [0.15, 0.2) is 225 Å². The molecular weight excluding hydrogens is 851 g/mol. The van der Waals surface area contributed by atoms with Crippen LogP contribution in [0.1, 0.15) is 38.8 Å². The molecule has 0 unspecified atom stereocenters. The van der Waals surface area contributed by atoms with Crippen LogP contribution in [-0.2, 0) is 5.41 Å². The van der Waals surface area contributed by atoms with Crippen LogP contribution in [0.25, 0.3) is 116 Å². The average molecular weight is 900 g/mol. The van der Waals surface area contributed by atoms with Crippen LogP contribution in [0, 0.1) is 0 Å². The number of rotatable bonds is 3. The normalized spacial score (nSPS) is 12.7. The molecule has 15 rings (SSSR count). The van der Waals surface area contributed by atoms with Gasteiger partial charge in [0.05, 0.1) is 22.1 Å². The molecular formula is C65H49N5. The van der Waals surface area contributed by atoms with Gasteiger partial charge in [0.1, 0.15) is 11.3 Å². The fraction of sp³-hybridized carbons (Fsp3) is 0.0769. The van der Waals surface area contributed by atoms with Gasteiger partial charge in [-0.05, 0) is 97.7 Å². The van der Waals surface area contributed by atoms with Crippen molar-refractivity contribution in [1.82, 2.24) is 23.3 Å². The molecule has 14 aromatic rings. The van der Waals surface area contributed by atoms with Gasteiger partial charge in [0.2, 0.25) is 0 Å². The van der Waals surface area contributed by atoms with Crippen molar-refractivity contribution in [3.8, 4) is 39.1 Å². The lowest BCUT2D eigenvalue weighted by atomic mass is 9.82. The lowest BCUT2D eigenvalue weighted by Crippen LogP contribution is -2.14. The fourth-order valence-corrected chi connectivity index (χ4v) is 11.7. The largest absolute Gasteiger partial charge is 0.309 e. The third-order valence-corrected chi connectivity index (χ3v) is 14.7. The van der Waals surface area contributed by atoms with Gasteiger partial charge in [-0.2, -0.15) is 0 Å². The molecule has 0 bridgehead atoms. The Balaban J connectivity index is 0.000000134. The third-order valence-electron chi connectivity index (χ3n) is 14.7. The summed E-state index contributed by atoms with van der Waals surface area (Å²) >= 11 is 0. The molecule has 0 amide bonds. The Morgan fingerprint density at radius 1 is 0.371 bits per heavy atom. The summed E-state index contributed by atoms with van der Waals surface area (Å²) in [6, 6.07) is 72.4. The third kappa shape index (κ3) is 6.04. The number of hydrogen-bond acceptors (Lipinski definition) is 2. The average Bonchev–Trinajstić information content (AvgIpc) is 4.24. The van der Waals surface area contributed by atoms with E-state index >= 15 is 0 Å². The molecule has 0 spiro atoms. The van der Waals surface area contributed by atoms with Crippen molar-refractivity contribution >= 4 is 76.5 Å². The number of para-hydroxylation sites is 3. The maximum absolute atomic E-state index is 4.75. The highest BCUT2D eigenvalue weighted by Gasteiger charge is 2.36. The summed E-state index contributed by atoms with van der Waals surface area (Å²) in [6.07, 6.45) is 7.91. The highest BCUT2D eigenvalue weighted by Crippen LogP contribution is 2.53. The summed E-state index contributed by atoms with van der Waals surface area (Å²) in [7, 11) is 0. The number of pyridine rings is 2. The van der Waals surface area contributed by atoms with Gasteiger partial charge in [0, 0.05) is 68.2 Å². The lowest BCUT2D eigenvalue weighted by Gasteiger charge is -2.22. The van der Waals surface area contributed by atoms with Gasteiger partial charge in [-0.1, -0.05) is 185 Å². The molecule has 1 aliphatic rings. The quantitative estimate of drug-likeness (QED) is 0.166. The number of nitrogens with zero attached hydrogens (tertiary/aromatic N) is 5. The molecule has 0 N–H and O–H groups in total. The van der Waals surface area contributed by atoms with Crippen molar-refractivity contribution in [1.29, 1.82) is 0 Å². The van der Waals surface area contributed by atoms with E-state index in [-0.39, 0.29) is 5.41 Å². The summed E-state index contributed by atoms with van der Waals surface area (Å²) in [5.74, 6) is 0. The maximum atomic E-state index is 4.75. The highest BCUT2D eigenvalue weighted by atomic mass is 15.0. The Kier molecular flexibility index (Phi) is 9.57. The second-order valence-electron chi connectivity index (χ2n) is 18.6. The number of imidazole rings is 2. The predicted octanol–water partition coefficient (Wildman–Crippen LogP) is 17.0. The van der Waals surface area contributed by atoms with E-state index in [4.69, 9.17) is 4.98 Å². The highest BCUT2D eigenvalue weighted by molar-refractivity contribution is 6.19. The van der Waals surface area contributed by atoms with Crippen molar-refractivity contribution in [2.75, 3.05) is 0 Å². The van der Waals surface area contributed by atoms with Crippen molar-refractivity contribution < 1.29 is 0 Å². The first-order chi connectivity index (χ1) is 34.5. The van der Waals surface area contributed by atoms with E-state index in [0.717, 1.165) is 11.3 Å². The van der Waals surface area contributed by atoms with Crippen LogP contribution >= 0.6 is 0 Å². The first-order valence-corrected chi connectivity index (χ1v) is 24.4. The summed E-state index contributed by atoms with van der Waals surface area (Å²) in [5, 5.41) is 9.89. The Labute approximate surface area is 406 Å². The van der Waals surface area contributed by atoms with Crippen LogP contribution in [0.5, 0.6) is 0 Å². The van der Waals surface area contributed by atoms with Gasteiger partial charge in [0.15, 0.2) is 0 Å². The Morgan fingerprint density at radius 3 is 1.71 bits per heavy atom. The van der Waals surface area contributed by atoms with Crippen molar-refractivity contribution in [3.05, 3.63) is 236 Å². The van der Waals surface area contributed by atoms with Crippen LogP contribution in [0.4, 0.5) is 0 Å². The first-order valence-electron chi connectivity index (χ1n) is 24.4. The molecule has 70 heavy (non-hydrogen) atoms. The molecule has 0 radical (unpaired) electrons. The molecule has 5 nitrogen and oxygen atoms in total. The molecule has 334 valence electrons. The van der Waals surface area contributed by atoms with E-state index < -0.39 is 0 Å². The van der Waals surface area contributed by atoms with Crippen LogP contribution in [0.3, 0.4) is 0 Å². The van der Waals surface area contributed by atoms with Gasteiger partial charge in [-0.3, -0.25) is 8.80 Å². The van der Waals surface area contributed by atoms with E-state index in [1.54, 1.807) is 0 Å². The first kappa shape index (κ1) is 41.4.